The Labute approximate surface area is 201 Å². The Kier molecular flexibility index (Phi) is 7.40. The minimum atomic E-state index is -0.450. The van der Waals surface area contributed by atoms with Gasteiger partial charge in [-0.2, -0.15) is 0 Å². The highest BCUT2D eigenvalue weighted by molar-refractivity contribution is 5.99. The van der Waals surface area contributed by atoms with E-state index >= 15 is 0 Å². The van der Waals surface area contributed by atoms with Crippen LogP contribution in [0.4, 0.5) is 0 Å². The number of hydrogen-bond acceptors (Lipinski definition) is 4. The number of ether oxygens (including phenoxy) is 1. The van der Waals surface area contributed by atoms with E-state index in [1.54, 1.807) is 4.90 Å². The van der Waals surface area contributed by atoms with Crippen molar-refractivity contribution >= 4 is 16.9 Å². The van der Waals surface area contributed by atoms with Crippen molar-refractivity contribution in [1.29, 1.82) is 0 Å². The number of carbonyl (C=O) groups excluding carboxylic acids is 1. The zero-order valence-corrected chi connectivity index (χ0v) is 20.8. The van der Waals surface area contributed by atoms with Crippen LogP contribution in [0.3, 0.4) is 0 Å². The second-order valence-electron chi connectivity index (χ2n) is 9.37. The van der Waals surface area contributed by atoms with Gasteiger partial charge in [0.1, 0.15) is 11.3 Å². The summed E-state index contributed by atoms with van der Waals surface area (Å²) in [6.07, 6.45) is 6.46. The van der Waals surface area contributed by atoms with Crippen LogP contribution in [0.5, 0.6) is 5.75 Å². The molecule has 1 unspecified atom stereocenters. The normalized spacial score (nSPS) is 15.2. The lowest BCUT2D eigenvalue weighted by Crippen LogP contribution is -2.30. The number of nitrogens with zero attached hydrogens (tertiary/aromatic N) is 1. The van der Waals surface area contributed by atoms with E-state index in [1.807, 2.05) is 50.2 Å². The van der Waals surface area contributed by atoms with Crippen LogP contribution < -0.4 is 10.2 Å². The fourth-order valence-electron chi connectivity index (χ4n) is 4.85. The molecular weight excluding hydrogens is 426 g/mol. The predicted octanol–water partition coefficient (Wildman–Crippen LogP) is 6.71. The number of hydrogen-bond donors (Lipinski definition) is 0. The Morgan fingerprint density at radius 2 is 1.68 bits per heavy atom. The first-order chi connectivity index (χ1) is 16.5. The molecule has 0 N–H and O–H groups in total. The van der Waals surface area contributed by atoms with E-state index in [1.165, 1.54) is 19.3 Å². The van der Waals surface area contributed by atoms with Gasteiger partial charge in [0.25, 0.3) is 5.91 Å². The fourth-order valence-corrected chi connectivity index (χ4v) is 4.85. The van der Waals surface area contributed by atoms with Gasteiger partial charge >= 0.3 is 0 Å². The Bertz CT molecular complexity index is 1230. The number of amides is 1. The number of carbonyl (C=O) groups is 1. The van der Waals surface area contributed by atoms with Gasteiger partial charge in [0.05, 0.1) is 23.6 Å². The van der Waals surface area contributed by atoms with Crippen LogP contribution in [0.2, 0.25) is 0 Å². The van der Waals surface area contributed by atoms with Crippen LogP contribution in [0.25, 0.3) is 11.0 Å². The van der Waals surface area contributed by atoms with Gasteiger partial charge < -0.3 is 14.1 Å². The third kappa shape index (κ3) is 4.61. The molecule has 4 rings (SSSR count). The first kappa shape index (κ1) is 24.1. The largest absolute Gasteiger partial charge is 0.494 e. The van der Waals surface area contributed by atoms with Gasteiger partial charge in [-0.3, -0.25) is 9.59 Å². The van der Waals surface area contributed by atoms with Crippen molar-refractivity contribution < 1.29 is 13.9 Å². The maximum Gasteiger partial charge on any atom is 0.290 e. The number of benzene rings is 2. The van der Waals surface area contributed by atoms with Gasteiger partial charge in [0, 0.05) is 6.54 Å². The van der Waals surface area contributed by atoms with Gasteiger partial charge in [-0.05, 0) is 61.6 Å². The van der Waals surface area contributed by atoms with Crippen LogP contribution >= 0.6 is 0 Å². The third-order valence-corrected chi connectivity index (χ3v) is 6.61. The van der Waals surface area contributed by atoms with E-state index in [0.29, 0.717) is 29.7 Å². The Hall–Kier alpha value is -3.08. The Morgan fingerprint density at radius 3 is 2.38 bits per heavy atom. The van der Waals surface area contributed by atoms with Crippen molar-refractivity contribution in [1.82, 2.24) is 4.90 Å². The molecule has 2 heterocycles. The van der Waals surface area contributed by atoms with Crippen LogP contribution in [0.1, 0.15) is 91.2 Å². The quantitative estimate of drug-likeness (QED) is 0.315. The Morgan fingerprint density at radius 1 is 0.941 bits per heavy atom. The summed E-state index contributed by atoms with van der Waals surface area (Å²) < 4.78 is 12.0. The van der Waals surface area contributed by atoms with E-state index in [4.69, 9.17) is 9.15 Å². The second kappa shape index (κ2) is 10.5. The smallest absolute Gasteiger partial charge is 0.290 e. The van der Waals surface area contributed by atoms with Crippen molar-refractivity contribution in [2.45, 2.75) is 72.3 Å². The topological polar surface area (TPSA) is 59.8 Å². The molecule has 0 saturated heterocycles. The minimum Gasteiger partial charge on any atom is -0.494 e. The molecule has 0 radical (unpaired) electrons. The Balaban J connectivity index is 1.72. The summed E-state index contributed by atoms with van der Waals surface area (Å²) in [4.78, 5) is 28.9. The third-order valence-electron chi connectivity index (χ3n) is 6.61. The SMILES string of the molecule is CCCCCCOc1ccc(C2c3c(oc4c(C)cc(C)cc4c3=O)C(=O)N2CCCC)cc1. The summed E-state index contributed by atoms with van der Waals surface area (Å²) in [5.41, 5.74) is 3.61. The summed E-state index contributed by atoms with van der Waals surface area (Å²) in [6.45, 7) is 9.45. The highest BCUT2D eigenvalue weighted by atomic mass is 16.5. The van der Waals surface area contributed by atoms with Crippen molar-refractivity contribution in [3.8, 4) is 5.75 Å². The van der Waals surface area contributed by atoms with Gasteiger partial charge in [-0.1, -0.05) is 57.7 Å². The first-order valence-corrected chi connectivity index (χ1v) is 12.6. The van der Waals surface area contributed by atoms with Crippen LogP contribution in [0, 0.1) is 13.8 Å². The van der Waals surface area contributed by atoms with E-state index in [0.717, 1.165) is 41.7 Å². The monoisotopic (exact) mass is 461 g/mol. The summed E-state index contributed by atoms with van der Waals surface area (Å²) in [6, 6.07) is 11.2. The molecule has 180 valence electrons. The molecule has 0 fully saturated rings. The molecule has 5 heteroatoms. The molecule has 3 aromatic rings. The molecule has 0 spiro atoms. The van der Waals surface area contributed by atoms with E-state index < -0.39 is 6.04 Å². The van der Waals surface area contributed by atoms with Crippen molar-refractivity contribution in [3.05, 3.63) is 74.6 Å². The number of aryl methyl sites for hydroxylation is 2. The summed E-state index contributed by atoms with van der Waals surface area (Å²) in [5.74, 6) is 0.784. The minimum absolute atomic E-state index is 0.114. The van der Waals surface area contributed by atoms with Crippen LogP contribution in [-0.2, 0) is 0 Å². The molecule has 1 aliphatic heterocycles. The maximum atomic E-state index is 13.7. The predicted molar refractivity (Wildman–Crippen MR) is 136 cm³/mol. The average Bonchev–Trinajstić information content (AvgIpc) is 3.10. The van der Waals surface area contributed by atoms with E-state index in [9.17, 15) is 9.59 Å². The molecule has 1 atom stereocenters. The summed E-state index contributed by atoms with van der Waals surface area (Å²) in [5, 5.41) is 0.540. The van der Waals surface area contributed by atoms with Crippen LogP contribution in [0.15, 0.2) is 45.6 Å². The molecule has 1 aliphatic rings. The lowest BCUT2D eigenvalue weighted by atomic mass is 9.97. The average molecular weight is 462 g/mol. The zero-order chi connectivity index (χ0) is 24.2. The van der Waals surface area contributed by atoms with Gasteiger partial charge in [0.15, 0.2) is 5.43 Å². The highest BCUT2D eigenvalue weighted by Gasteiger charge is 2.42. The summed E-state index contributed by atoms with van der Waals surface area (Å²) in [7, 11) is 0. The number of fused-ring (bicyclic) bond motifs is 2. The van der Waals surface area contributed by atoms with Gasteiger partial charge in [0.2, 0.25) is 5.76 Å². The van der Waals surface area contributed by atoms with E-state index in [2.05, 4.69) is 13.8 Å². The van der Waals surface area contributed by atoms with E-state index in [-0.39, 0.29) is 17.1 Å². The summed E-state index contributed by atoms with van der Waals surface area (Å²) >= 11 is 0. The molecule has 0 bridgehead atoms. The molecule has 2 aromatic carbocycles. The second-order valence-corrected chi connectivity index (χ2v) is 9.37. The zero-order valence-electron chi connectivity index (χ0n) is 20.8. The molecule has 0 saturated carbocycles. The highest BCUT2D eigenvalue weighted by Crippen LogP contribution is 2.39. The number of unbranched alkanes of at least 4 members (excludes halogenated alkanes) is 4. The van der Waals surface area contributed by atoms with Crippen molar-refractivity contribution in [3.63, 3.8) is 0 Å². The molecule has 0 aliphatic carbocycles. The standard InChI is InChI=1S/C29H35NO4/c1-5-7-9-10-16-33-22-13-11-21(12-14-22)25-24-26(31)23-18-19(3)17-20(4)27(23)34-28(24)29(32)30(25)15-8-6-2/h11-14,17-18,25H,5-10,15-16H2,1-4H3. The van der Waals surface area contributed by atoms with Crippen LogP contribution in [-0.4, -0.2) is 24.0 Å². The molecule has 1 aromatic heterocycles. The van der Waals surface area contributed by atoms with Gasteiger partial charge in [-0.25, -0.2) is 0 Å². The molecule has 34 heavy (non-hydrogen) atoms. The lowest BCUT2D eigenvalue weighted by molar-refractivity contribution is 0.0725. The number of rotatable bonds is 10. The molecule has 5 nitrogen and oxygen atoms in total. The van der Waals surface area contributed by atoms with Crippen molar-refractivity contribution in [2.75, 3.05) is 13.2 Å². The maximum absolute atomic E-state index is 13.7. The molecule has 1 amide bonds. The van der Waals surface area contributed by atoms with Gasteiger partial charge in [-0.15, -0.1) is 0 Å². The lowest BCUT2D eigenvalue weighted by Gasteiger charge is -2.25. The first-order valence-electron chi connectivity index (χ1n) is 12.6. The molecular formula is C29H35NO4. The fraction of sp³-hybridized carbons (Fsp3) is 0.448. The van der Waals surface area contributed by atoms with Crippen molar-refractivity contribution in [2.24, 2.45) is 0 Å².